The summed E-state index contributed by atoms with van der Waals surface area (Å²) in [5.41, 5.74) is 6.34. The van der Waals surface area contributed by atoms with Gasteiger partial charge in [0.05, 0.1) is 11.4 Å². The molecule has 0 radical (unpaired) electrons. The molecule has 5 aromatic heterocycles. The first-order valence-electron chi connectivity index (χ1n) is 42.2. The van der Waals surface area contributed by atoms with E-state index in [2.05, 4.69) is 169 Å². The van der Waals surface area contributed by atoms with Crippen LogP contribution in [0.1, 0.15) is 380 Å². The molecule has 0 spiro atoms. The third-order valence-electron chi connectivity index (χ3n) is 19.4. The van der Waals surface area contributed by atoms with Crippen molar-refractivity contribution in [1.82, 2.24) is 49.4 Å². The molecule has 5 aliphatic carbocycles. The van der Waals surface area contributed by atoms with E-state index in [1.54, 1.807) is 0 Å². The van der Waals surface area contributed by atoms with E-state index in [1.807, 2.05) is 218 Å². The van der Waals surface area contributed by atoms with Gasteiger partial charge >= 0.3 is 0 Å². The predicted octanol–water partition coefficient (Wildman–Crippen LogP) is 29.5. The van der Waals surface area contributed by atoms with Gasteiger partial charge in [0.25, 0.3) is 0 Å². The van der Waals surface area contributed by atoms with E-state index < -0.39 is 0 Å². The summed E-state index contributed by atoms with van der Waals surface area (Å²) in [6.45, 7) is 58.2. The van der Waals surface area contributed by atoms with Crippen molar-refractivity contribution in [2.45, 2.75) is 408 Å². The monoisotopic (exact) mass is 1490 g/mol. The Kier molecular flexibility index (Phi) is 99.6. The summed E-state index contributed by atoms with van der Waals surface area (Å²) in [7, 11) is 11.2. The summed E-state index contributed by atoms with van der Waals surface area (Å²) in [5.74, 6) is 4.65. The smallest absolute Gasteiger partial charge is 0.0543 e. The zero-order chi connectivity index (χ0) is 77.8. The molecule has 10 nitrogen and oxygen atoms in total. The number of rotatable bonds is 15. The lowest BCUT2D eigenvalue weighted by atomic mass is 9.86. The van der Waals surface area contributed by atoms with Crippen molar-refractivity contribution in [2.24, 2.45) is 29.6 Å². The minimum atomic E-state index is 0. The lowest BCUT2D eigenvalue weighted by molar-refractivity contribution is 0.131. The summed E-state index contributed by atoms with van der Waals surface area (Å²) in [5, 5.41) is 0. The summed E-state index contributed by atoms with van der Waals surface area (Å²) in [6.07, 6.45) is 42.6. The largest absolute Gasteiger partial charge is 0.299 e. The number of aromatic nitrogens is 5. The average Bonchev–Trinajstić information content (AvgIpc) is 0.866. The van der Waals surface area contributed by atoms with Gasteiger partial charge in [0.2, 0.25) is 0 Å². The Balaban J connectivity index is -0.000000126. The van der Waals surface area contributed by atoms with Gasteiger partial charge in [-0.3, -0.25) is 49.4 Å². The molecule has 1 unspecified atom stereocenters. The van der Waals surface area contributed by atoms with Gasteiger partial charge in [0.1, 0.15) is 0 Å². The van der Waals surface area contributed by atoms with Crippen LogP contribution in [0.2, 0.25) is 0 Å². The molecule has 0 aromatic carbocycles. The van der Waals surface area contributed by atoms with Gasteiger partial charge in [-0.15, -0.1) is 0 Å². The first kappa shape index (κ1) is 122. The Hall–Kier alpha value is -4.45. The molecular formula is C96H192N10. The van der Waals surface area contributed by atoms with Crippen LogP contribution in [0.4, 0.5) is 0 Å². The second kappa shape index (κ2) is 86.1. The highest BCUT2D eigenvalue weighted by Gasteiger charge is 2.27. The molecule has 106 heavy (non-hydrogen) atoms. The molecule has 5 aliphatic rings. The highest BCUT2D eigenvalue weighted by atomic mass is 15.2. The first-order chi connectivity index (χ1) is 49.2. The zero-order valence-corrected chi connectivity index (χ0v) is 72.8. The van der Waals surface area contributed by atoms with Crippen molar-refractivity contribution in [3.05, 3.63) is 150 Å². The van der Waals surface area contributed by atoms with Crippen molar-refractivity contribution in [2.75, 3.05) is 35.2 Å². The van der Waals surface area contributed by atoms with Crippen LogP contribution in [0.25, 0.3) is 0 Å². The summed E-state index contributed by atoms with van der Waals surface area (Å²) in [4.78, 5) is 33.8. The molecule has 626 valence electrons. The summed E-state index contributed by atoms with van der Waals surface area (Å²) >= 11 is 0. The van der Waals surface area contributed by atoms with E-state index in [9.17, 15) is 0 Å². The van der Waals surface area contributed by atoms with Gasteiger partial charge in [0.15, 0.2) is 0 Å². The van der Waals surface area contributed by atoms with E-state index in [-0.39, 0.29) is 37.1 Å². The highest BCUT2D eigenvalue weighted by molar-refractivity contribution is 5.14. The maximum absolute atomic E-state index is 4.39. The minimum absolute atomic E-state index is 0. The Labute approximate surface area is 669 Å². The van der Waals surface area contributed by atoms with E-state index >= 15 is 0 Å². The Morgan fingerprint density at radius 3 is 0.736 bits per heavy atom. The van der Waals surface area contributed by atoms with Crippen LogP contribution >= 0.6 is 0 Å². The Morgan fingerprint density at radius 1 is 0.283 bits per heavy atom. The first-order valence-corrected chi connectivity index (χ1v) is 42.2. The second-order valence-electron chi connectivity index (χ2n) is 26.2. The summed E-state index contributed by atoms with van der Waals surface area (Å²) in [6, 6.07) is 29.2. The molecule has 0 saturated heterocycles. The summed E-state index contributed by atoms with van der Waals surface area (Å²) < 4.78 is 0. The predicted molar refractivity (Wildman–Crippen MR) is 487 cm³/mol. The fourth-order valence-electron chi connectivity index (χ4n) is 13.1. The lowest BCUT2D eigenvalue weighted by Crippen LogP contribution is -2.36. The normalized spacial score (nSPS) is 20.6. The second-order valence-corrected chi connectivity index (χ2v) is 26.2. The standard InChI is InChI=1S/C15H24N2.4C14H22N2.10C2H6.5CH4/c1-12-6-8-15(9-7-12)17(3)13(2)14-5-4-10-16-11-14;2*1-12-5-7-14(8-6-12)16(2)11-13-4-3-9-15-10-13;2*1-12-6-8-14(9-7-12)16(2)11-13-5-3-4-10-15-13;10*1-2;;;;;/h4-5,10-13,15H,6-9H2,1-3H3;2*3-4,9-10,12,14H,5-8,11H2,1-2H3;2*3-5,10,12,14H,6-9,11H2,1-2H3;10*1-2H3;5*1H4. The van der Waals surface area contributed by atoms with E-state index in [0.717, 1.165) is 86.0 Å². The number of nitrogens with zero attached hydrogens (tertiary/aromatic N) is 10. The molecule has 5 heterocycles. The van der Waals surface area contributed by atoms with Crippen LogP contribution < -0.4 is 0 Å². The third-order valence-corrected chi connectivity index (χ3v) is 19.4. The molecule has 10 heteroatoms. The van der Waals surface area contributed by atoms with Crippen LogP contribution in [0.15, 0.2) is 122 Å². The van der Waals surface area contributed by atoms with Gasteiger partial charge in [-0.25, -0.2) is 0 Å². The average molecular weight is 1490 g/mol. The van der Waals surface area contributed by atoms with Gasteiger partial charge in [0, 0.05) is 112 Å². The molecule has 10 rings (SSSR count). The fourth-order valence-corrected chi connectivity index (χ4v) is 13.1. The quantitative estimate of drug-likeness (QED) is 0.101. The molecule has 0 aliphatic heterocycles. The zero-order valence-electron chi connectivity index (χ0n) is 72.8. The molecule has 0 amide bonds. The molecule has 1 atom stereocenters. The molecule has 5 saturated carbocycles. The fraction of sp³-hybridized carbons (Fsp3) is 0.740. The van der Waals surface area contributed by atoms with Crippen molar-refractivity contribution >= 4 is 0 Å². The van der Waals surface area contributed by atoms with E-state index in [0.29, 0.717) is 6.04 Å². The van der Waals surface area contributed by atoms with Crippen molar-refractivity contribution in [1.29, 1.82) is 0 Å². The number of hydrogen-bond acceptors (Lipinski definition) is 10. The van der Waals surface area contributed by atoms with Crippen LogP contribution in [0.5, 0.6) is 0 Å². The molecule has 5 aromatic rings. The van der Waals surface area contributed by atoms with E-state index in [4.69, 9.17) is 0 Å². The highest BCUT2D eigenvalue weighted by Crippen LogP contribution is 2.33. The molecular weight excluding hydrogens is 1290 g/mol. The maximum Gasteiger partial charge on any atom is 0.0543 e. The lowest BCUT2D eigenvalue weighted by Gasteiger charge is -2.37. The third kappa shape index (κ3) is 57.6. The van der Waals surface area contributed by atoms with Gasteiger partial charge in [-0.2, -0.15) is 0 Å². The SMILES string of the molecule is C.C.C.C.C.CC.CC.CC.CC.CC.CC.CC.CC.CC.CC.CC1CCC(N(C)C(C)c2cccnc2)CC1.CC1CCC(N(C)Cc2ccccn2)CC1.CC1CCC(N(C)Cc2ccccn2)CC1.CC1CCC(N(C)Cc2cccnc2)CC1.CC1CCC(N(C)Cc2cccnc2)CC1. The van der Waals surface area contributed by atoms with Crippen LogP contribution in [-0.2, 0) is 26.2 Å². The van der Waals surface area contributed by atoms with Gasteiger partial charge < -0.3 is 0 Å². The molecule has 5 fully saturated rings. The van der Waals surface area contributed by atoms with E-state index in [1.165, 1.54) is 156 Å². The van der Waals surface area contributed by atoms with Crippen molar-refractivity contribution in [3.8, 4) is 0 Å². The van der Waals surface area contributed by atoms with Crippen LogP contribution in [0, 0.1) is 29.6 Å². The van der Waals surface area contributed by atoms with Crippen LogP contribution in [0.3, 0.4) is 0 Å². The van der Waals surface area contributed by atoms with Crippen molar-refractivity contribution < 1.29 is 0 Å². The minimum Gasteiger partial charge on any atom is -0.299 e. The van der Waals surface area contributed by atoms with Crippen LogP contribution in [-0.4, -0.2) is 115 Å². The number of hydrogen-bond donors (Lipinski definition) is 0. The maximum atomic E-state index is 4.39. The molecule has 0 bridgehead atoms. The van der Waals surface area contributed by atoms with Gasteiger partial charge in [-0.05, 0) is 259 Å². The Morgan fingerprint density at radius 2 is 0.519 bits per heavy atom. The van der Waals surface area contributed by atoms with Gasteiger partial charge in [-0.1, -0.05) is 241 Å². The topological polar surface area (TPSA) is 80.7 Å². The molecule has 0 N–H and O–H groups in total. The number of pyridine rings is 5. The van der Waals surface area contributed by atoms with Crippen molar-refractivity contribution in [3.63, 3.8) is 0 Å². The Bertz CT molecular complexity index is 2050.